The fourth-order valence-corrected chi connectivity index (χ4v) is 5.12. The summed E-state index contributed by atoms with van der Waals surface area (Å²) in [7, 11) is 0. The van der Waals surface area contributed by atoms with Crippen molar-refractivity contribution in [3.05, 3.63) is 123 Å². The Balaban J connectivity index is 1.35. The highest BCUT2D eigenvalue weighted by molar-refractivity contribution is 6.07. The highest BCUT2D eigenvalue weighted by Gasteiger charge is 2.42. The smallest absolute Gasteiger partial charge is 0.336 e. The van der Waals surface area contributed by atoms with Crippen molar-refractivity contribution in [1.82, 2.24) is 4.98 Å². The number of allylic oxidation sites excluding steroid dienone is 1. The van der Waals surface area contributed by atoms with Crippen LogP contribution in [0.4, 0.5) is 5.69 Å². The van der Waals surface area contributed by atoms with E-state index in [-0.39, 0.29) is 31.1 Å². The summed E-state index contributed by atoms with van der Waals surface area (Å²) in [4.78, 5) is 45.9. The van der Waals surface area contributed by atoms with Crippen molar-refractivity contribution in [2.75, 3.05) is 26.4 Å². The molecule has 0 amide bonds. The molecule has 0 spiro atoms. The number of aliphatic imine (C=N–C) groups is 1. The molecule has 2 aromatic carbocycles. The van der Waals surface area contributed by atoms with Crippen LogP contribution in [0.2, 0.25) is 0 Å². The van der Waals surface area contributed by atoms with Gasteiger partial charge in [-0.1, -0.05) is 54.6 Å². The third kappa shape index (κ3) is 8.32. The van der Waals surface area contributed by atoms with E-state index in [0.717, 1.165) is 17.5 Å². The molecule has 0 radical (unpaired) electrons. The molecule has 0 saturated carbocycles. The van der Waals surface area contributed by atoms with Crippen LogP contribution in [0.5, 0.6) is 0 Å². The zero-order valence-corrected chi connectivity index (χ0v) is 25.0. The SMILES string of the molecule is CCOC(=O)C1C(C)=NC(C)=C(C(=O)OCCOCC=Cc2ccc(Cc3cccnc3)cc2)C1c1cccc([N+](=O)[O-])c1. The summed E-state index contributed by atoms with van der Waals surface area (Å²) < 4.78 is 16.4. The van der Waals surface area contributed by atoms with E-state index >= 15 is 0 Å². The maximum absolute atomic E-state index is 13.4. The molecule has 2 heterocycles. The monoisotopic (exact) mass is 597 g/mol. The second-order valence-corrected chi connectivity index (χ2v) is 10.2. The lowest BCUT2D eigenvalue weighted by molar-refractivity contribution is -0.384. The zero-order chi connectivity index (χ0) is 31.5. The molecule has 10 nitrogen and oxygen atoms in total. The number of pyridine rings is 1. The van der Waals surface area contributed by atoms with Gasteiger partial charge in [0.15, 0.2) is 0 Å². The molecule has 4 rings (SSSR count). The van der Waals surface area contributed by atoms with Gasteiger partial charge in [-0.25, -0.2) is 4.79 Å². The number of carbonyl (C=O) groups is 2. The highest BCUT2D eigenvalue weighted by atomic mass is 16.6. The number of carbonyl (C=O) groups excluding carboxylic acids is 2. The molecule has 2 unspecified atom stereocenters. The van der Waals surface area contributed by atoms with Crippen molar-refractivity contribution >= 4 is 29.4 Å². The Morgan fingerprint density at radius 2 is 1.80 bits per heavy atom. The first-order valence-electron chi connectivity index (χ1n) is 14.3. The average Bonchev–Trinajstić information content (AvgIpc) is 3.01. The number of rotatable bonds is 13. The van der Waals surface area contributed by atoms with Crippen LogP contribution in [0.1, 0.15) is 48.9 Å². The molecule has 0 aliphatic carbocycles. The van der Waals surface area contributed by atoms with Gasteiger partial charge >= 0.3 is 11.9 Å². The number of benzene rings is 2. The topological polar surface area (TPSA) is 130 Å². The Hall–Kier alpha value is -4.96. The second-order valence-electron chi connectivity index (χ2n) is 10.2. The van der Waals surface area contributed by atoms with E-state index in [9.17, 15) is 19.7 Å². The normalized spacial score (nSPS) is 16.5. The van der Waals surface area contributed by atoms with Crippen molar-refractivity contribution in [1.29, 1.82) is 0 Å². The van der Waals surface area contributed by atoms with E-state index in [4.69, 9.17) is 14.2 Å². The molecule has 1 aliphatic rings. The fraction of sp³-hybridized carbons (Fsp3) is 0.294. The van der Waals surface area contributed by atoms with E-state index in [2.05, 4.69) is 22.1 Å². The zero-order valence-electron chi connectivity index (χ0n) is 25.0. The summed E-state index contributed by atoms with van der Waals surface area (Å²) in [5.74, 6) is -3.04. The van der Waals surface area contributed by atoms with Gasteiger partial charge in [-0.2, -0.15) is 0 Å². The first kappa shape index (κ1) is 32.0. The predicted octanol–water partition coefficient (Wildman–Crippen LogP) is 5.87. The number of hydrogen-bond acceptors (Lipinski definition) is 9. The quantitative estimate of drug-likeness (QED) is 0.104. The molecule has 1 aliphatic heterocycles. The lowest BCUT2D eigenvalue weighted by Gasteiger charge is -2.31. The minimum Gasteiger partial charge on any atom is -0.465 e. The van der Waals surface area contributed by atoms with Crippen LogP contribution in [-0.2, 0) is 30.2 Å². The standard InChI is InChI=1S/C34H35N3O7/c1-4-43-33(38)30-23(2)36-24(3)31(32(30)28-10-5-11-29(21-28)37(40)41)34(39)44-19-18-42-17-7-9-25-12-14-26(15-13-25)20-27-8-6-16-35-22-27/h5-16,21-22,30,32H,4,17-20H2,1-3H3. The Kier molecular flexibility index (Phi) is 11.3. The molecule has 1 aromatic heterocycles. The van der Waals surface area contributed by atoms with Gasteiger partial charge in [0.1, 0.15) is 12.5 Å². The molecule has 0 saturated heterocycles. The molecule has 44 heavy (non-hydrogen) atoms. The number of ether oxygens (including phenoxy) is 3. The third-order valence-corrected chi connectivity index (χ3v) is 7.12. The van der Waals surface area contributed by atoms with Gasteiger partial charge in [-0.15, -0.1) is 0 Å². The number of aromatic nitrogens is 1. The van der Waals surface area contributed by atoms with Crippen molar-refractivity contribution in [3.63, 3.8) is 0 Å². The van der Waals surface area contributed by atoms with Gasteiger partial charge in [-0.05, 0) is 55.5 Å². The minimum absolute atomic E-state index is 0.0269. The summed E-state index contributed by atoms with van der Waals surface area (Å²) in [6, 6.07) is 18.1. The maximum Gasteiger partial charge on any atom is 0.336 e. The van der Waals surface area contributed by atoms with E-state index < -0.39 is 28.7 Å². The lowest BCUT2D eigenvalue weighted by atomic mass is 9.75. The molecule has 0 fully saturated rings. The summed E-state index contributed by atoms with van der Waals surface area (Å²) in [5, 5.41) is 11.5. The first-order valence-corrected chi connectivity index (χ1v) is 14.3. The maximum atomic E-state index is 13.4. The minimum atomic E-state index is -0.936. The van der Waals surface area contributed by atoms with E-state index in [1.165, 1.54) is 23.8 Å². The van der Waals surface area contributed by atoms with Crippen molar-refractivity contribution in [2.45, 2.75) is 33.1 Å². The first-order chi connectivity index (χ1) is 21.3. The number of nitro groups is 1. The van der Waals surface area contributed by atoms with E-state index in [1.807, 2.05) is 42.6 Å². The number of esters is 2. The Labute approximate surface area is 256 Å². The average molecular weight is 598 g/mol. The number of non-ortho nitro benzene ring substituents is 1. The van der Waals surface area contributed by atoms with Crippen LogP contribution < -0.4 is 0 Å². The van der Waals surface area contributed by atoms with Crippen LogP contribution in [0, 0.1) is 16.0 Å². The van der Waals surface area contributed by atoms with Gasteiger partial charge in [0, 0.05) is 41.9 Å². The van der Waals surface area contributed by atoms with Gasteiger partial charge in [-0.3, -0.25) is 24.9 Å². The highest BCUT2D eigenvalue weighted by Crippen LogP contribution is 2.41. The summed E-state index contributed by atoms with van der Waals surface area (Å²) in [6.07, 6.45) is 8.27. The van der Waals surface area contributed by atoms with Crippen molar-refractivity contribution in [2.24, 2.45) is 10.9 Å². The predicted molar refractivity (Wildman–Crippen MR) is 166 cm³/mol. The number of nitro benzene ring substituents is 1. The second kappa shape index (κ2) is 15.5. The Bertz CT molecular complexity index is 1560. The van der Waals surface area contributed by atoms with Crippen LogP contribution in [0.15, 0.2) is 95.4 Å². The summed E-state index contributed by atoms with van der Waals surface area (Å²) in [5.41, 5.74) is 4.63. The molecule has 2 atom stereocenters. The van der Waals surface area contributed by atoms with Crippen LogP contribution >= 0.6 is 0 Å². The van der Waals surface area contributed by atoms with Crippen molar-refractivity contribution in [3.8, 4) is 0 Å². The van der Waals surface area contributed by atoms with Crippen LogP contribution in [0.3, 0.4) is 0 Å². The van der Waals surface area contributed by atoms with E-state index in [0.29, 0.717) is 23.6 Å². The summed E-state index contributed by atoms with van der Waals surface area (Å²) >= 11 is 0. The van der Waals surface area contributed by atoms with Gasteiger partial charge < -0.3 is 14.2 Å². The summed E-state index contributed by atoms with van der Waals surface area (Å²) in [6.45, 7) is 5.59. The molecular weight excluding hydrogens is 562 g/mol. The van der Waals surface area contributed by atoms with E-state index in [1.54, 1.807) is 33.0 Å². The Morgan fingerprint density at radius 1 is 1.00 bits per heavy atom. The molecule has 3 aromatic rings. The van der Waals surface area contributed by atoms with Gasteiger partial charge in [0.2, 0.25) is 0 Å². The number of hydrogen-bond donors (Lipinski definition) is 0. The molecule has 228 valence electrons. The van der Waals surface area contributed by atoms with Crippen LogP contribution in [-0.4, -0.2) is 54.0 Å². The van der Waals surface area contributed by atoms with Crippen LogP contribution in [0.25, 0.3) is 6.08 Å². The number of nitrogens with zero attached hydrogens (tertiary/aromatic N) is 3. The van der Waals surface area contributed by atoms with Crippen molar-refractivity contribution < 1.29 is 28.7 Å². The van der Waals surface area contributed by atoms with Gasteiger partial charge in [0.05, 0.1) is 30.3 Å². The Morgan fingerprint density at radius 3 is 2.50 bits per heavy atom. The molecular formula is C34H35N3O7. The largest absolute Gasteiger partial charge is 0.465 e. The molecule has 0 N–H and O–H groups in total. The third-order valence-electron chi connectivity index (χ3n) is 7.12. The lowest BCUT2D eigenvalue weighted by Crippen LogP contribution is -2.36. The fourth-order valence-electron chi connectivity index (χ4n) is 5.12. The molecule has 0 bridgehead atoms. The molecule has 10 heteroatoms. The van der Waals surface area contributed by atoms with Gasteiger partial charge in [0.25, 0.3) is 5.69 Å².